The number of carbonyl (C=O) groups excluding carboxylic acids is 1. The van der Waals surface area contributed by atoms with Crippen molar-refractivity contribution in [2.24, 2.45) is 0 Å². The lowest BCUT2D eigenvalue weighted by Gasteiger charge is -2.34. The van der Waals surface area contributed by atoms with Gasteiger partial charge in [0.05, 0.1) is 5.56 Å². The zero-order valence-electron chi connectivity index (χ0n) is 24.5. The minimum Gasteiger partial charge on any atom is -0.440 e. The highest BCUT2D eigenvalue weighted by molar-refractivity contribution is 6.01. The van der Waals surface area contributed by atoms with Crippen molar-refractivity contribution < 1.29 is 9.53 Å². The number of anilines is 1. The third kappa shape index (κ3) is 4.02. The minimum atomic E-state index is -1.14. The van der Waals surface area contributed by atoms with Crippen LogP contribution < -0.4 is 10.2 Å². The summed E-state index contributed by atoms with van der Waals surface area (Å²) in [5.41, 5.74) is 8.70. The summed E-state index contributed by atoms with van der Waals surface area (Å²) in [6.45, 7) is 13.5. The van der Waals surface area contributed by atoms with E-state index in [0.29, 0.717) is 5.56 Å². The number of hydrogen-bond acceptors (Lipinski definition) is 4. The molecule has 2 aliphatic rings. The van der Waals surface area contributed by atoms with Gasteiger partial charge in [0.15, 0.2) is 5.60 Å². The van der Waals surface area contributed by atoms with Crippen molar-refractivity contribution in [3.63, 3.8) is 0 Å². The maximum Gasteiger partial charge on any atom is 0.340 e. The van der Waals surface area contributed by atoms with Gasteiger partial charge in [-0.2, -0.15) is 0 Å². The molecule has 1 atom stereocenters. The number of nitrogens with zero attached hydrogens (tertiary/aromatic N) is 2. The molecule has 0 radical (unpaired) electrons. The third-order valence-corrected chi connectivity index (χ3v) is 8.61. The van der Waals surface area contributed by atoms with Crippen molar-refractivity contribution in [1.29, 1.82) is 0 Å². The van der Waals surface area contributed by atoms with E-state index >= 15 is 0 Å². The Labute approximate surface area is 242 Å². The normalized spacial score (nSPS) is 17.7. The average Bonchev–Trinajstić information content (AvgIpc) is 3.27. The molecule has 0 saturated carbocycles. The predicted octanol–water partition coefficient (Wildman–Crippen LogP) is 7.60. The van der Waals surface area contributed by atoms with Crippen LogP contribution >= 0.6 is 0 Å². The lowest BCUT2D eigenvalue weighted by molar-refractivity contribution is 0.0251. The van der Waals surface area contributed by atoms with Gasteiger partial charge in [0, 0.05) is 76.1 Å². The Bertz CT molecular complexity index is 1750. The topological polar surface area (TPSA) is 46.5 Å². The zero-order chi connectivity index (χ0) is 28.7. The number of benzene rings is 3. The molecule has 1 N–H and O–H groups in total. The summed E-state index contributed by atoms with van der Waals surface area (Å²) in [7, 11) is 0. The van der Waals surface area contributed by atoms with Gasteiger partial charge < -0.3 is 19.5 Å². The van der Waals surface area contributed by atoms with Crippen LogP contribution in [-0.2, 0) is 16.9 Å². The number of hydrogen-bond donors (Lipinski definition) is 1. The zero-order valence-corrected chi connectivity index (χ0v) is 24.5. The maximum atomic E-state index is 13.9. The lowest BCUT2D eigenvalue weighted by atomic mass is 9.74. The standard InChI is InChI=1S/C36H37N3O2/c1-6-38(7-2)26-20-21-30(24(4)23-26)36(33-25(5)39(8-3)32-19-12-11-15-28(32)33)34-27(31-18-10-9-13-22-37-31)16-14-17-29(34)35(40)41-36/h9-23,37H,6-8H2,1-5H3. The number of aromatic nitrogens is 1. The number of fused-ring (bicyclic) bond motifs is 2. The highest BCUT2D eigenvalue weighted by atomic mass is 16.6. The molecule has 41 heavy (non-hydrogen) atoms. The average molecular weight is 544 g/mol. The van der Waals surface area contributed by atoms with E-state index in [1.165, 1.54) is 5.69 Å². The van der Waals surface area contributed by atoms with Gasteiger partial charge in [-0.25, -0.2) is 4.79 Å². The van der Waals surface area contributed by atoms with Gasteiger partial charge in [-0.05, 0) is 76.6 Å². The van der Waals surface area contributed by atoms with Gasteiger partial charge in [-0.1, -0.05) is 48.6 Å². The third-order valence-electron chi connectivity index (χ3n) is 8.61. The Morgan fingerprint density at radius 3 is 2.41 bits per heavy atom. The van der Waals surface area contributed by atoms with Crippen LogP contribution in [0.4, 0.5) is 5.69 Å². The van der Waals surface area contributed by atoms with Crippen LogP contribution in [0.3, 0.4) is 0 Å². The fourth-order valence-corrected chi connectivity index (χ4v) is 6.81. The van der Waals surface area contributed by atoms with Crippen molar-refractivity contribution in [1.82, 2.24) is 9.88 Å². The molecular weight excluding hydrogens is 506 g/mol. The van der Waals surface area contributed by atoms with E-state index in [1.807, 2.05) is 36.6 Å². The van der Waals surface area contributed by atoms with Gasteiger partial charge >= 0.3 is 5.97 Å². The van der Waals surface area contributed by atoms with E-state index in [4.69, 9.17) is 4.74 Å². The number of nitrogens with one attached hydrogen (secondary N) is 1. The van der Waals surface area contributed by atoms with Crippen molar-refractivity contribution in [2.75, 3.05) is 18.0 Å². The van der Waals surface area contributed by atoms with E-state index in [2.05, 4.69) is 104 Å². The Kier molecular flexibility index (Phi) is 6.82. The summed E-state index contributed by atoms with van der Waals surface area (Å²) < 4.78 is 9.11. The fraction of sp³-hybridized carbons (Fsp3) is 0.250. The smallest absolute Gasteiger partial charge is 0.340 e. The summed E-state index contributed by atoms with van der Waals surface area (Å²) in [5, 5.41) is 4.54. The van der Waals surface area contributed by atoms with Crippen LogP contribution in [0.15, 0.2) is 91.2 Å². The molecule has 4 aromatic rings. The first-order chi connectivity index (χ1) is 20.0. The highest BCUT2D eigenvalue weighted by Gasteiger charge is 2.53. The number of carbonyl (C=O) groups is 1. The summed E-state index contributed by atoms with van der Waals surface area (Å²) in [5.74, 6) is -0.304. The number of para-hydroxylation sites is 1. The fourth-order valence-electron chi connectivity index (χ4n) is 6.81. The second kappa shape index (κ2) is 10.5. The van der Waals surface area contributed by atoms with E-state index in [1.54, 1.807) is 0 Å². The second-order valence-electron chi connectivity index (χ2n) is 10.7. The molecule has 1 unspecified atom stereocenters. The van der Waals surface area contributed by atoms with Gasteiger partial charge in [-0.15, -0.1) is 0 Å². The largest absolute Gasteiger partial charge is 0.440 e. The summed E-state index contributed by atoms with van der Waals surface area (Å²) >= 11 is 0. The van der Waals surface area contributed by atoms with Crippen LogP contribution in [-0.4, -0.2) is 23.6 Å². The predicted molar refractivity (Wildman–Crippen MR) is 168 cm³/mol. The number of allylic oxidation sites excluding steroid dienone is 4. The summed E-state index contributed by atoms with van der Waals surface area (Å²) in [4.78, 5) is 16.3. The molecule has 1 aromatic heterocycles. The molecule has 0 spiro atoms. The highest BCUT2D eigenvalue weighted by Crippen LogP contribution is 2.53. The second-order valence-corrected chi connectivity index (χ2v) is 10.7. The van der Waals surface area contributed by atoms with E-state index in [9.17, 15) is 4.79 Å². The van der Waals surface area contributed by atoms with E-state index < -0.39 is 5.60 Å². The quantitative estimate of drug-likeness (QED) is 0.244. The van der Waals surface area contributed by atoms with E-state index in [-0.39, 0.29) is 5.97 Å². The van der Waals surface area contributed by atoms with Crippen LogP contribution in [0.2, 0.25) is 0 Å². The van der Waals surface area contributed by atoms with Crippen molar-refractivity contribution in [3.8, 4) is 0 Å². The van der Waals surface area contributed by atoms with Gasteiger partial charge in [0.2, 0.25) is 0 Å². The lowest BCUT2D eigenvalue weighted by Crippen LogP contribution is -2.33. The molecule has 0 saturated heterocycles. The first kappa shape index (κ1) is 26.7. The molecule has 5 heteroatoms. The molecular formula is C36H37N3O2. The first-order valence-corrected chi connectivity index (χ1v) is 14.6. The Hall–Kier alpha value is -4.51. The van der Waals surface area contributed by atoms with Crippen LogP contribution in [0.5, 0.6) is 0 Å². The molecule has 0 amide bonds. The van der Waals surface area contributed by atoms with Crippen LogP contribution in [0.25, 0.3) is 16.6 Å². The summed E-state index contributed by atoms with van der Waals surface area (Å²) in [6.07, 6.45) is 9.96. The molecule has 2 aliphatic heterocycles. The first-order valence-electron chi connectivity index (χ1n) is 14.6. The number of cyclic esters (lactones) is 1. The molecule has 5 nitrogen and oxygen atoms in total. The van der Waals surface area contributed by atoms with E-state index in [0.717, 1.165) is 69.7 Å². The number of esters is 1. The van der Waals surface area contributed by atoms with Gasteiger partial charge in [0.25, 0.3) is 0 Å². The minimum absolute atomic E-state index is 0.304. The molecule has 3 aromatic carbocycles. The molecule has 3 heterocycles. The monoisotopic (exact) mass is 543 g/mol. The SMILES string of the molecule is CCN(CC)c1ccc(C2(c3c(C)n(CC)c4ccccc34)OC(=O)c3cccc(C4=CC=CC=CN4)c32)c(C)c1. The number of ether oxygens (including phenoxy) is 1. The Morgan fingerprint density at radius 1 is 0.878 bits per heavy atom. The number of rotatable bonds is 7. The van der Waals surface area contributed by atoms with Crippen LogP contribution in [0.1, 0.15) is 64.6 Å². The molecule has 0 fully saturated rings. The maximum absolute atomic E-state index is 13.9. The molecule has 6 rings (SSSR count). The molecule has 208 valence electrons. The molecule has 0 aliphatic carbocycles. The Balaban J connectivity index is 1.75. The van der Waals surface area contributed by atoms with Crippen LogP contribution in [0, 0.1) is 13.8 Å². The summed E-state index contributed by atoms with van der Waals surface area (Å²) in [6, 6.07) is 21.0. The van der Waals surface area contributed by atoms with Gasteiger partial charge in [0.1, 0.15) is 0 Å². The number of aryl methyl sites for hydroxylation is 2. The van der Waals surface area contributed by atoms with Gasteiger partial charge in [-0.3, -0.25) is 0 Å². The molecule has 0 bridgehead atoms. The van der Waals surface area contributed by atoms with Crippen molar-refractivity contribution in [2.45, 2.75) is 46.8 Å². The Morgan fingerprint density at radius 2 is 1.66 bits per heavy atom. The van der Waals surface area contributed by atoms with Crippen molar-refractivity contribution in [3.05, 3.63) is 130 Å². The van der Waals surface area contributed by atoms with Crippen molar-refractivity contribution >= 4 is 28.3 Å².